The lowest BCUT2D eigenvalue weighted by Gasteiger charge is -2.09. The van der Waals surface area contributed by atoms with Crippen LogP contribution in [0.25, 0.3) is 0 Å². The zero-order valence-corrected chi connectivity index (χ0v) is 9.07. The summed E-state index contributed by atoms with van der Waals surface area (Å²) in [6.45, 7) is 0. The number of anilines is 1. The van der Waals surface area contributed by atoms with Gasteiger partial charge in [-0.25, -0.2) is 0 Å². The van der Waals surface area contributed by atoms with Gasteiger partial charge in [0.25, 0.3) is 0 Å². The Kier molecular flexibility index (Phi) is 2.93. The van der Waals surface area contributed by atoms with Gasteiger partial charge in [-0.2, -0.15) is 11.8 Å². The summed E-state index contributed by atoms with van der Waals surface area (Å²) in [6, 6.07) is 3.82. The van der Waals surface area contributed by atoms with Gasteiger partial charge in [-0.1, -0.05) is 0 Å². The van der Waals surface area contributed by atoms with E-state index in [1.54, 1.807) is 12.1 Å². The second-order valence-corrected chi connectivity index (χ2v) is 5.31. The van der Waals surface area contributed by atoms with Crippen LogP contribution in [0.15, 0.2) is 12.1 Å². The summed E-state index contributed by atoms with van der Waals surface area (Å²) < 4.78 is 0. The van der Waals surface area contributed by atoms with E-state index in [9.17, 15) is 10.1 Å². The number of nitrogens with zero attached hydrogens (tertiary/aromatic N) is 1. The second kappa shape index (κ2) is 4.18. The molecule has 2 heterocycles. The highest BCUT2D eigenvalue weighted by Crippen LogP contribution is 2.30. The molecule has 6 heteroatoms. The molecule has 1 unspecified atom stereocenters. The van der Waals surface area contributed by atoms with Gasteiger partial charge in [0.2, 0.25) is 0 Å². The topological polar surface area (TPSA) is 55.2 Å². The molecular weight excluding hydrogens is 220 g/mol. The monoisotopic (exact) mass is 230 g/mol. The van der Waals surface area contributed by atoms with Gasteiger partial charge in [-0.05, 0) is 29.6 Å². The average Bonchev–Trinajstić information content (AvgIpc) is 2.75. The fourth-order valence-corrected chi connectivity index (χ4v) is 3.30. The number of nitro groups is 1. The van der Waals surface area contributed by atoms with Gasteiger partial charge >= 0.3 is 5.00 Å². The van der Waals surface area contributed by atoms with Crippen LogP contribution in [0.5, 0.6) is 0 Å². The van der Waals surface area contributed by atoms with E-state index >= 15 is 0 Å². The quantitative estimate of drug-likeness (QED) is 0.640. The lowest BCUT2D eigenvalue weighted by molar-refractivity contribution is -0.380. The zero-order valence-electron chi connectivity index (χ0n) is 7.43. The van der Waals surface area contributed by atoms with Crippen molar-refractivity contribution in [3.8, 4) is 0 Å². The van der Waals surface area contributed by atoms with Crippen LogP contribution in [-0.4, -0.2) is 22.5 Å². The standard InChI is InChI=1S/C8H10N2O2S2/c11-10(12)8-2-1-7(14-8)9-6-3-4-13-5-6/h1-2,6,9H,3-5H2. The van der Waals surface area contributed by atoms with Crippen LogP contribution >= 0.6 is 23.1 Å². The maximum Gasteiger partial charge on any atom is 0.326 e. The van der Waals surface area contributed by atoms with Crippen molar-refractivity contribution in [1.29, 1.82) is 0 Å². The molecular formula is C8H10N2O2S2. The molecule has 14 heavy (non-hydrogen) atoms. The van der Waals surface area contributed by atoms with Crippen molar-refractivity contribution in [2.24, 2.45) is 0 Å². The summed E-state index contributed by atoms with van der Waals surface area (Å²) in [5.41, 5.74) is 0. The summed E-state index contributed by atoms with van der Waals surface area (Å²) in [6.07, 6.45) is 1.15. The molecule has 0 aromatic carbocycles. The maximum atomic E-state index is 10.4. The number of nitrogens with one attached hydrogen (secondary N) is 1. The first kappa shape index (κ1) is 9.79. The van der Waals surface area contributed by atoms with E-state index in [4.69, 9.17) is 0 Å². The predicted molar refractivity (Wildman–Crippen MR) is 60.3 cm³/mol. The van der Waals surface area contributed by atoms with Crippen molar-refractivity contribution >= 4 is 33.1 Å². The van der Waals surface area contributed by atoms with Crippen molar-refractivity contribution in [3.63, 3.8) is 0 Å². The van der Waals surface area contributed by atoms with Gasteiger partial charge < -0.3 is 5.32 Å². The van der Waals surface area contributed by atoms with Crippen molar-refractivity contribution in [1.82, 2.24) is 0 Å². The Balaban J connectivity index is 1.98. The molecule has 1 atom stereocenters. The van der Waals surface area contributed by atoms with Crippen LogP contribution in [0.1, 0.15) is 6.42 Å². The average molecular weight is 230 g/mol. The van der Waals surface area contributed by atoms with Gasteiger partial charge in [0.1, 0.15) is 0 Å². The molecule has 0 radical (unpaired) electrons. The lowest BCUT2D eigenvalue weighted by Crippen LogP contribution is -2.16. The third kappa shape index (κ3) is 2.19. The Morgan fingerprint density at radius 3 is 3.00 bits per heavy atom. The molecule has 76 valence electrons. The van der Waals surface area contributed by atoms with Crippen LogP contribution in [0.4, 0.5) is 10.0 Å². The minimum atomic E-state index is -0.348. The second-order valence-electron chi connectivity index (χ2n) is 3.10. The van der Waals surface area contributed by atoms with E-state index in [0.717, 1.165) is 17.2 Å². The van der Waals surface area contributed by atoms with Gasteiger partial charge in [0.05, 0.1) is 9.92 Å². The molecule has 2 rings (SSSR count). The molecule has 4 nitrogen and oxygen atoms in total. The SMILES string of the molecule is O=[N+]([O-])c1ccc(NC2CCSC2)s1. The van der Waals surface area contributed by atoms with Gasteiger partial charge in [-0.15, -0.1) is 0 Å². The third-order valence-electron chi connectivity index (χ3n) is 2.05. The molecule has 1 aliphatic rings. The molecule has 0 amide bonds. The van der Waals surface area contributed by atoms with Crippen LogP contribution in [0.2, 0.25) is 0 Å². The Morgan fingerprint density at radius 1 is 1.57 bits per heavy atom. The summed E-state index contributed by atoms with van der Waals surface area (Å²) in [5, 5.41) is 14.9. The molecule has 1 fully saturated rings. The molecule has 0 spiro atoms. The Labute approximate surface area is 89.9 Å². The van der Waals surface area contributed by atoms with Crippen molar-refractivity contribution in [3.05, 3.63) is 22.2 Å². The van der Waals surface area contributed by atoms with E-state index in [1.807, 2.05) is 11.8 Å². The lowest BCUT2D eigenvalue weighted by atomic mass is 10.3. The first-order valence-electron chi connectivity index (χ1n) is 4.34. The van der Waals surface area contributed by atoms with E-state index in [0.29, 0.717) is 6.04 Å². The predicted octanol–water partition coefficient (Wildman–Crippen LogP) is 2.57. The minimum absolute atomic E-state index is 0.207. The Morgan fingerprint density at radius 2 is 2.43 bits per heavy atom. The molecule has 0 aliphatic carbocycles. The fourth-order valence-electron chi connectivity index (χ4n) is 1.35. The molecule has 1 N–H and O–H groups in total. The third-order valence-corrected chi connectivity index (χ3v) is 4.18. The van der Waals surface area contributed by atoms with Gasteiger partial charge in [0.15, 0.2) is 0 Å². The largest absolute Gasteiger partial charge is 0.373 e. The highest BCUT2D eigenvalue weighted by atomic mass is 32.2. The Hall–Kier alpha value is -0.750. The number of thioether (sulfide) groups is 1. The first-order valence-corrected chi connectivity index (χ1v) is 6.31. The minimum Gasteiger partial charge on any atom is -0.373 e. The van der Waals surface area contributed by atoms with Crippen LogP contribution < -0.4 is 5.32 Å². The highest BCUT2D eigenvalue weighted by molar-refractivity contribution is 7.99. The first-order chi connectivity index (χ1) is 6.75. The van der Waals surface area contributed by atoms with Crippen molar-refractivity contribution < 1.29 is 4.92 Å². The van der Waals surface area contributed by atoms with E-state index in [1.165, 1.54) is 17.1 Å². The Bertz CT molecular complexity index is 334. The molecule has 1 saturated heterocycles. The van der Waals surface area contributed by atoms with Crippen LogP contribution in [-0.2, 0) is 0 Å². The van der Waals surface area contributed by atoms with Crippen LogP contribution in [0, 0.1) is 10.1 Å². The normalized spacial score (nSPS) is 21.0. The van der Waals surface area contributed by atoms with Gasteiger partial charge in [-0.3, -0.25) is 10.1 Å². The van der Waals surface area contributed by atoms with E-state index in [2.05, 4.69) is 5.32 Å². The number of rotatable bonds is 3. The number of thiophene rings is 1. The molecule has 1 aromatic heterocycles. The zero-order chi connectivity index (χ0) is 9.97. The van der Waals surface area contributed by atoms with E-state index in [-0.39, 0.29) is 9.92 Å². The van der Waals surface area contributed by atoms with Crippen molar-refractivity contribution in [2.45, 2.75) is 12.5 Å². The summed E-state index contributed by atoms with van der Waals surface area (Å²) in [4.78, 5) is 10.1. The summed E-state index contributed by atoms with van der Waals surface area (Å²) >= 11 is 3.13. The number of hydrogen-bond donors (Lipinski definition) is 1. The van der Waals surface area contributed by atoms with Crippen molar-refractivity contribution in [2.75, 3.05) is 16.8 Å². The summed E-state index contributed by atoms with van der Waals surface area (Å²) in [5.74, 6) is 2.29. The summed E-state index contributed by atoms with van der Waals surface area (Å²) in [7, 11) is 0. The van der Waals surface area contributed by atoms with E-state index < -0.39 is 0 Å². The molecule has 0 saturated carbocycles. The highest BCUT2D eigenvalue weighted by Gasteiger charge is 2.17. The van der Waals surface area contributed by atoms with Crippen LogP contribution in [0.3, 0.4) is 0 Å². The fraction of sp³-hybridized carbons (Fsp3) is 0.500. The number of hydrogen-bond acceptors (Lipinski definition) is 5. The smallest absolute Gasteiger partial charge is 0.326 e. The molecule has 0 bridgehead atoms. The van der Waals surface area contributed by atoms with Gasteiger partial charge in [0, 0.05) is 17.9 Å². The molecule has 1 aliphatic heterocycles. The maximum absolute atomic E-state index is 10.4. The molecule has 1 aromatic rings.